The SMILES string of the molecule is NC1CC1NC(=O)c1ccc(F)c(Br)c1. The normalized spacial score (nSPS) is 23.7. The van der Waals surface area contributed by atoms with E-state index in [-0.39, 0.29) is 28.3 Å². The third kappa shape index (κ3) is 2.35. The predicted molar refractivity (Wildman–Crippen MR) is 57.9 cm³/mol. The molecule has 1 aromatic carbocycles. The molecule has 0 spiro atoms. The van der Waals surface area contributed by atoms with E-state index in [9.17, 15) is 9.18 Å². The Morgan fingerprint density at radius 1 is 1.60 bits per heavy atom. The van der Waals surface area contributed by atoms with Gasteiger partial charge >= 0.3 is 0 Å². The van der Waals surface area contributed by atoms with Crippen molar-refractivity contribution in [3.05, 3.63) is 34.1 Å². The van der Waals surface area contributed by atoms with E-state index in [4.69, 9.17) is 5.73 Å². The fraction of sp³-hybridized carbons (Fsp3) is 0.300. The molecule has 0 heterocycles. The topological polar surface area (TPSA) is 55.1 Å². The lowest BCUT2D eigenvalue weighted by Gasteiger charge is -2.04. The van der Waals surface area contributed by atoms with E-state index in [0.717, 1.165) is 6.42 Å². The minimum absolute atomic E-state index is 0.0674. The first-order valence-electron chi connectivity index (χ1n) is 4.59. The third-order valence-corrected chi connectivity index (χ3v) is 2.95. The van der Waals surface area contributed by atoms with E-state index in [1.807, 2.05) is 0 Å². The molecule has 1 aliphatic rings. The van der Waals surface area contributed by atoms with Gasteiger partial charge in [0.15, 0.2) is 0 Å². The molecule has 0 saturated heterocycles. The molecule has 3 nitrogen and oxygen atoms in total. The molecule has 2 rings (SSSR count). The molecule has 2 atom stereocenters. The van der Waals surface area contributed by atoms with Crippen LogP contribution in [0, 0.1) is 5.82 Å². The van der Waals surface area contributed by atoms with Gasteiger partial charge in [-0.15, -0.1) is 0 Å². The molecule has 1 saturated carbocycles. The quantitative estimate of drug-likeness (QED) is 0.856. The first-order chi connectivity index (χ1) is 7.08. The Kier molecular flexibility index (Phi) is 2.75. The van der Waals surface area contributed by atoms with Crippen molar-refractivity contribution >= 4 is 21.8 Å². The number of nitrogens with two attached hydrogens (primary N) is 1. The van der Waals surface area contributed by atoms with Gasteiger partial charge in [0, 0.05) is 17.6 Å². The van der Waals surface area contributed by atoms with Gasteiger partial charge in [0.25, 0.3) is 5.91 Å². The van der Waals surface area contributed by atoms with E-state index in [1.165, 1.54) is 18.2 Å². The smallest absolute Gasteiger partial charge is 0.251 e. The summed E-state index contributed by atoms with van der Waals surface area (Å²) in [5.41, 5.74) is 6.00. The average Bonchev–Trinajstić information content (AvgIpc) is 2.86. The molecule has 1 aromatic rings. The van der Waals surface area contributed by atoms with E-state index < -0.39 is 0 Å². The zero-order valence-corrected chi connectivity index (χ0v) is 9.42. The monoisotopic (exact) mass is 272 g/mol. The van der Waals surface area contributed by atoms with E-state index in [0.29, 0.717) is 5.56 Å². The Morgan fingerprint density at radius 3 is 2.80 bits per heavy atom. The highest BCUT2D eigenvalue weighted by atomic mass is 79.9. The molecular weight excluding hydrogens is 263 g/mol. The van der Waals surface area contributed by atoms with Gasteiger partial charge < -0.3 is 11.1 Å². The molecule has 0 radical (unpaired) electrons. The van der Waals surface area contributed by atoms with Crippen molar-refractivity contribution in [1.29, 1.82) is 0 Å². The van der Waals surface area contributed by atoms with Crippen LogP contribution in [0.1, 0.15) is 16.8 Å². The van der Waals surface area contributed by atoms with E-state index >= 15 is 0 Å². The lowest BCUT2D eigenvalue weighted by Crippen LogP contribution is -2.29. The molecule has 2 unspecified atom stereocenters. The number of benzene rings is 1. The standard InChI is InChI=1S/C10H10BrFN2O/c11-6-3-5(1-2-7(6)12)10(15)14-9-4-8(9)13/h1-3,8-9H,4,13H2,(H,14,15). The molecule has 1 amide bonds. The summed E-state index contributed by atoms with van der Waals surface area (Å²) in [6.45, 7) is 0. The average molecular weight is 273 g/mol. The Labute approximate surface area is 95.0 Å². The zero-order chi connectivity index (χ0) is 11.0. The van der Waals surface area contributed by atoms with Crippen molar-refractivity contribution in [2.75, 3.05) is 0 Å². The first kappa shape index (κ1) is 10.6. The lowest BCUT2D eigenvalue weighted by atomic mass is 10.2. The Hall–Kier alpha value is -0.940. The summed E-state index contributed by atoms with van der Waals surface area (Å²) in [7, 11) is 0. The van der Waals surface area contributed by atoms with Crippen molar-refractivity contribution in [3.63, 3.8) is 0 Å². The molecule has 1 fully saturated rings. The zero-order valence-electron chi connectivity index (χ0n) is 7.84. The minimum atomic E-state index is -0.380. The number of hydrogen-bond acceptors (Lipinski definition) is 2. The van der Waals surface area contributed by atoms with Crippen LogP contribution in [0.15, 0.2) is 22.7 Å². The van der Waals surface area contributed by atoms with Gasteiger partial charge in [0.1, 0.15) is 5.82 Å². The maximum Gasteiger partial charge on any atom is 0.251 e. The largest absolute Gasteiger partial charge is 0.348 e. The molecular formula is C10H10BrFN2O. The summed E-state index contributed by atoms with van der Waals surface area (Å²) in [6.07, 6.45) is 0.814. The number of rotatable bonds is 2. The van der Waals surface area contributed by atoms with Gasteiger partial charge in [0.05, 0.1) is 4.47 Å². The van der Waals surface area contributed by atoms with Gasteiger partial charge in [-0.05, 0) is 40.5 Å². The third-order valence-electron chi connectivity index (χ3n) is 2.34. The highest BCUT2D eigenvalue weighted by Crippen LogP contribution is 2.20. The van der Waals surface area contributed by atoms with Crippen LogP contribution in [0.3, 0.4) is 0 Å². The summed E-state index contributed by atoms with van der Waals surface area (Å²) >= 11 is 3.03. The number of nitrogens with one attached hydrogen (secondary N) is 1. The predicted octanol–water partition coefficient (Wildman–Crippen LogP) is 1.42. The second-order valence-electron chi connectivity index (χ2n) is 3.61. The van der Waals surface area contributed by atoms with Crippen molar-refractivity contribution < 1.29 is 9.18 Å². The summed E-state index contributed by atoms with van der Waals surface area (Å²) in [5, 5.41) is 2.76. The van der Waals surface area contributed by atoms with Gasteiger partial charge in [-0.3, -0.25) is 4.79 Å². The van der Waals surface area contributed by atoms with Gasteiger partial charge in [-0.1, -0.05) is 0 Å². The highest BCUT2D eigenvalue weighted by molar-refractivity contribution is 9.10. The Balaban J connectivity index is 2.08. The van der Waals surface area contributed by atoms with Crippen LogP contribution in [-0.2, 0) is 0 Å². The number of carbonyl (C=O) groups is 1. The number of amides is 1. The molecule has 0 aliphatic heterocycles. The van der Waals surface area contributed by atoms with Crippen molar-refractivity contribution in [1.82, 2.24) is 5.32 Å². The van der Waals surface area contributed by atoms with Gasteiger partial charge in [0.2, 0.25) is 0 Å². The molecule has 0 aromatic heterocycles. The van der Waals surface area contributed by atoms with E-state index in [1.54, 1.807) is 0 Å². The van der Waals surface area contributed by atoms with Gasteiger partial charge in [-0.2, -0.15) is 0 Å². The van der Waals surface area contributed by atoms with Crippen LogP contribution in [0.5, 0.6) is 0 Å². The molecule has 15 heavy (non-hydrogen) atoms. The lowest BCUT2D eigenvalue weighted by molar-refractivity contribution is 0.0950. The van der Waals surface area contributed by atoms with Gasteiger partial charge in [-0.25, -0.2) is 4.39 Å². The highest BCUT2D eigenvalue weighted by Gasteiger charge is 2.34. The van der Waals surface area contributed by atoms with Crippen LogP contribution >= 0.6 is 15.9 Å². The fourth-order valence-electron chi connectivity index (χ4n) is 1.27. The molecule has 1 aliphatic carbocycles. The van der Waals surface area contributed by atoms with Crippen LogP contribution in [0.25, 0.3) is 0 Å². The molecule has 0 bridgehead atoms. The van der Waals surface area contributed by atoms with E-state index in [2.05, 4.69) is 21.2 Å². The van der Waals surface area contributed by atoms with Crippen molar-refractivity contribution in [2.24, 2.45) is 5.73 Å². The summed E-state index contributed by atoms with van der Waals surface area (Å²) in [6, 6.07) is 4.30. The summed E-state index contributed by atoms with van der Waals surface area (Å²) < 4.78 is 13.2. The first-order valence-corrected chi connectivity index (χ1v) is 5.38. The second kappa shape index (κ2) is 3.90. The van der Waals surface area contributed by atoms with Crippen LogP contribution in [0.4, 0.5) is 4.39 Å². The molecule has 80 valence electrons. The summed E-state index contributed by atoms with van der Waals surface area (Å²) in [5.74, 6) is -0.594. The van der Waals surface area contributed by atoms with Crippen LogP contribution in [-0.4, -0.2) is 18.0 Å². The number of halogens is 2. The molecule has 3 N–H and O–H groups in total. The number of carbonyl (C=O) groups excluding carboxylic acids is 1. The number of hydrogen-bond donors (Lipinski definition) is 2. The Morgan fingerprint density at radius 2 is 2.27 bits per heavy atom. The summed E-state index contributed by atoms with van der Waals surface area (Å²) in [4.78, 5) is 11.6. The van der Waals surface area contributed by atoms with Crippen molar-refractivity contribution in [2.45, 2.75) is 18.5 Å². The minimum Gasteiger partial charge on any atom is -0.348 e. The maximum atomic E-state index is 12.9. The van der Waals surface area contributed by atoms with Crippen molar-refractivity contribution in [3.8, 4) is 0 Å². The van der Waals surface area contributed by atoms with Crippen LogP contribution < -0.4 is 11.1 Å². The maximum absolute atomic E-state index is 12.9. The molecule has 5 heteroatoms. The van der Waals surface area contributed by atoms with Crippen LogP contribution in [0.2, 0.25) is 0 Å². The second-order valence-corrected chi connectivity index (χ2v) is 4.46. The Bertz CT molecular complexity index is 410. The fourth-order valence-corrected chi connectivity index (χ4v) is 1.65.